The molecule has 1 N–H and O–H groups in total. The van der Waals surface area contributed by atoms with E-state index in [1.165, 1.54) is 24.8 Å². The van der Waals surface area contributed by atoms with E-state index in [9.17, 15) is 9.59 Å². The SMILES string of the molecule is O=Cc1cnc(NC(=O)c2ccncc2)nc1. The smallest absolute Gasteiger partial charge is 0.258 e. The van der Waals surface area contributed by atoms with Crippen LogP contribution in [0.4, 0.5) is 5.95 Å². The topological polar surface area (TPSA) is 84.8 Å². The van der Waals surface area contributed by atoms with Crippen LogP contribution in [0.1, 0.15) is 20.7 Å². The monoisotopic (exact) mass is 228 g/mol. The summed E-state index contributed by atoms with van der Waals surface area (Å²) in [6, 6.07) is 3.16. The van der Waals surface area contributed by atoms with Crippen molar-refractivity contribution in [1.82, 2.24) is 15.0 Å². The zero-order chi connectivity index (χ0) is 12.1. The highest BCUT2D eigenvalue weighted by Crippen LogP contribution is 2.02. The summed E-state index contributed by atoms with van der Waals surface area (Å²) in [4.78, 5) is 33.5. The Hall–Kier alpha value is -2.63. The van der Waals surface area contributed by atoms with Crippen LogP contribution in [0.5, 0.6) is 0 Å². The molecule has 0 radical (unpaired) electrons. The molecule has 0 fully saturated rings. The minimum Gasteiger partial charge on any atom is -0.298 e. The van der Waals surface area contributed by atoms with Gasteiger partial charge in [0.1, 0.15) is 0 Å². The maximum absolute atomic E-state index is 11.7. The van der Waals surface area contributed by atoms with Crippen LogP contribution in [0.2, 0.25) is 0 Å². The number of rotatable bonds is 3. The third-order valence-corrected chi connectivity index (χ3v) is 1.98. The third-order valence-electron chi connectivity index (χ3n) is 1.98. The normalized spacial score (nSPS) is 9.65. The molecule has 2 aromatic rings. The lowest BCUT2D eigenvalue weighted by Crippen LogP contribution is -2.14. The molecular weight excluding hydrogens is 220 g/mol. The van der Waals surface area contributed by atoms with Crippen molar-refractivity contribution in [3.8, 4) is 0 Å². The number of nitrogens with one attached hydrogen (secondary N) is 1. The summed E-state index contributed by atoms with van der Waals surface area (Å²) in [5.74, 6) is -0.177. The molecule has 0 spiro atoms. The molecular formula is C11H8N4O2. The van der Waals surface area contributed by atoms with Gasteiger partial charge in [-0.1, -0.05) is 0 Å². The zero-order valence-electron chi connectivity index (χ0n) is 8.70. The van der Waals surface area contributed by atoms with E-state index in [1.54, 1.807) is 12.1 Å². The second kappa shape index (κ2) is 4.93. The van der Waals surface area contributed by atoms with E-state index in [-0.39, 0.29) is 11.9 Å². The van der Waals surface area contributed by atoms with Gasteiger partial charge in [0.25, 0.3) is 5.91 Å². The number of anilines is 1. The van der Waals surface area contributed by atoms with Crippen LogP contribution in [-0.4, -0.2) is 27.1 Å². The first-order chi connectivity index (χ1) is 8.29. The Morgan fingerprint density at radius 2 is 1.82 bits per heavy atom. The van der Waals surface area contributed by atoms with Gasteiger partial charge in [-0.15, -0.1) is 0 Å². The highest BCUT2D eigenvalue weighted by Gasteiger charge is 2.06. The van der Waals surface area contributed by atoms with Gasteiger partial charge in [-0.3, -0.25) is 19.9 Å². The number of nitrogens with zero attached hydrogens (tertiary/aromatic N) is 3. The van der Waals surface area contributed by atoms with Gasteiger partial charge in [0, 0.05) is 30.4 Å². The Kier molecular flexibility index (Phi) is 3.15. The maximum Gasteiger partial charge on any atom is 0.258 e. The van der Waals surface area contributed by atoms with Crippen molar-refractivity contribution in [2.75, 3.05) is 5.32 Å². The van der Waals surface area contributed by atoms with Gasteiger partial charge in [0.2, 0.25) is 5.95 Å². The summed E-state index contributed by atoms with van der Waals surface area (Å²) in [5, 5.41) is 2.50. The van der Waals surface area contributed by atoms with Gasteiger partial charge in [0.05, 0.1) is 5.56 Å². The number of carbonyl (C=O) groups is 2. The van der Waals surface area contributed by atoms with Gasteiger partial charge in [-0.05, 0) is 12.1 Å². The number of pyridine rings is 1. The molecule has 0 saturated heterocycles. The summed E-state index contributed by atoms with van der Waals surface area (Å²) in [6.45, 7) is 0. The van der Waals surface area contributed by atoms with E-state index >= 15 is 0 Å². The molecule has 17 heavy (non-hydrogen) atoms. The van der Waals surface area contributed by atoms with Crippen molar-refractivity contribution in [1.29, 1.82) is 0 Å². The molecule has 0 saturated carbocycles. The molecule has 0 aliphatic carbocycles. The second-order valence-electron chi connectivity index (χ2n) is 3.15. The van der Waals surface area contributed by atoms with E-state index in [0.29, 0.717) is 17.4 Å². The molecule has 84 valence electrons. The van der Waals surface area contributed by atoms with Crippen molar-refractivity contribution >= 4 is 18.1 Å². The molecule has 6 nitrogen and oxygen atoms in total. The minimum absolute atomic E-state index is 0.150. The van der Waals surface area contributed by atoms with Crippen LogP contribution in [0.15, 0.2) is 36.9 Å². The molecule has 2 heterocycles. The van der Waals surface area contributed by atoms with Crippen LogP contribution in [0.3, 0.4) is 0 Å². The van der Waals surface area contributed by atoms with Gasteiger partial charge < -0.3 is 0 Å². The molecule has 0 aliphatic heterocycles. The van der Waals surface area contributed by atoms with Gasteiger partial charge in [0.15, 0.2) is 6.29 Å². The molecule has 2 aromatic heterocycles. The predicted molar refractivity (Wildman–Crippen MR) is 59.6 cm³/mol. The van der Waals surface area contributed by atoms with Crippen molar-refractivity contribution in [2.45, 2.75) is 0 Å². The summed E-state index contributed by atoms with van der Waals surface area (Å²) in [7, 11) is 0. The molecule has 0 aliphatic rings. The highest BCUT2D eigenvalue weighted by atomic mass is 16.1. The third kappa shape index (κ3) is 2.69. The quantitative estimate of drug-likeness (QED) is 0.790. The molecule has 0 aromatic carbocycles. The summed E-state index contributed by atoms with van der Waals surface area (Å²) < 4.78 is 0. The fourth-order valence-corrected chi connectivity index (χ4v) is 1.14. The molecule has 6 heteroatoms. The van der Waals surface area contributed by atoms with E-state index in [2.05, 4.69) is 20.3 Å². The summed E-state index contributed by atoms with van der Waals surface area (Å²) in [6.07, 6.45) is 6.34. The Bertz CT molecular complexity index is 525. The Morgan fingerprint density at radius 1 is 1.18 bits per heavy atom. The van der Waals surface area contributed by atoms with Crippen LogP contribution >= 0.6 is 0 Å². The lowest BCUT2D eigenvalue weighted by atomic mass is 10.2. The molecule has 2 rings (SSSR count). The average Bonchev–Trinajstić information content (AvgIpc) is 2.40. The fraction of sp³-hybridized carbons (Fsp3) is 0. The fourth-order valence-electron chi connectivity index (χ4n) is 1.14. The number of hydrogen-bond donors (Lipinski definition) is 1. The summed E-state index contributed by atoms with van der Waals surface area (Å²) in [5.41, 5.74) is 0.815. The Labute approximate surface area is 96.8 Å². The first-order valence-electron chi connectivity index (χ1n) is 4.78. The van der Waals surface area contributed by atoms with Crippen molar-refractivity contribution < 1.29 is 9.59 Å². The number of aromatic nitrogens is 3. The standard InChI is InChI=1S/C11H8N4O2/c16-7-8-5-13-11(14-6-8)15-10(17)9-1-3-12-4-2-9/h1-7H,(H,13,14,15,17). The molecule has 1 amide bonds. The van der Waals surface area contributed by atoms with E-state index in [1.807, 2.05) is 0 Å². The molecule has 0 unspecified atom stereocenters. The van der Waals surface area contributed by atoms with Crippen LogP contribution < -0.4 is 5.32 Å². The van der Waals surface area contributed by atoms with Crippen molar-refractivity contribution in [3.63, 3.8) is 0 Å². The number of amides is 1. The van der Waals surface area contributed by atoms with Crippen LogP contribution in [-0.2, 0) is 0 Å². The van der Waals surface area contributed by atoms with Crippen LogP contribution in [0.25, 0.3) is 0 Å². The average molecular weight is 228 g/mol. The summed E-state index contributed by atoms with van der Waals surface area (Å²) >= 11 is 0. The van der Waals surface area contributed by atoms with Crippen molar-refractivity contribution in [2.24, 2.45) is 0 Å². The lowest BCUT2D eigenvalue weighted by Gasteiger charge is -2.02. The van der Waals surface area contributed by atoms with Gasteiger partial charge in [-0.25, -0.2) is 9.97 Å². The second-order valence-corrected chi connectivity index (χ2v) is 3.15. The van der Waals surface area contributed by atoms with E-state index < -0.39 is 0 Å². The maximum atomic E-state index is 11.7. The number of carbonyl (C=O) groups excluding carboxylic acids is 2. The minimum atomic E-state index is -0.328. The largest absolute Gasteiger partial charge is 0.298 e. The molecule has 0 bridgehead atoms. The van der Waals surface area contributed by atoms with Gasteiger partial charge in [-0.2, -0.15) is 0 Å². The van der Waals surface area contributed by atoms with Crippen LogP contribution in [0, 0.1) is 0 Å². The highest BCUT2D eigenvalue weighted by molar-refractivity contribution is 6.03. The predicted octanol–water partition coefficient (Wildman–Crippen LogP) is 0.936. The lowest BCUT2D eigenvalue weighted by molar-refractivity contribution is 0.102. The molecule has 0 atom stereocenters. The van der Waals surface area contributed by atoms with Crippen molar-refractivity contribution in [3.05, 3.63) is 48.0 Å². The number of hydrogen-bond acceptors (Lipinski definition) is 5. The zero-order valence-corrected chi connectivity index (χ0v) is 8.70. The Morgan fingerprint density at radius 3 is 2.41 bits per heavy atom. The van der Waals surface area contributed by atoms with E-state index in [0.717, 1.165) is 0 Å². The Balaban J connectivity index is 2.10. The first kappa shape index (κ1) is 10.9. The number of aldehydes is 1. The van der Waals surface area contributed by atoms with Gasteiger partial charge >= 0.3 is 0 Å². The first-order valence-corrected chi connectivity index (χ1v) is 4.78. The van der Waals surface area contributed by atoms with E-state index in [4.69, 9.17) is 0 Å².